The second-order valence-electron chi connectivity index (χ2n) is 13.3. The van der Waals surface area contributed by atoms with E-state index in [0.717, 1.165) is 30.6 Å². The number of halogens is 1. The van der Waals surface area contributed by atoms with Crippen LogP contribution in [0.15, 0.2) is 33.9 Å². The van der Waals surface area contributed by atoms with E-state index in [4.69, 9.17) is 20.8 Å². The number of piperidine rings is 1. The summed E-state index contributed by atoms with van der Waals surface area (Å²) in [6.45, 7) is 1.43. The average molecular weight is 591 g/mol. The zero-order valence-electron chi connectivity index (χ0n) is 23.6. The van der Waals surface area contributed by atoms with Crippen molar-refractivity contribution in [1.82, 2.24) is 19.4 Å². The molecule has 2 aliphatic heterocycles. The van der Waals surface area contributed by atoms with E-state index in [2.05, 4.69) is 16.0 Å². The van der Waals surface area contributed by atoms with Crippen LogP contribution in [-0.4, -0.2) is 55.7 Å². The zero-order valence-corrected chi connectivity index (χ0v) is 24.4. The van der Waals surface area contributed by atoms with Gasteiger partial charge in [0.1, 0.15) is 10.8 Å². The Morgan fingerprint density at radius 3 is 2.60 bits per heavy atom. The number of hydrogen-bond acceptors (Lipinski definition) is 7. The minimum atomic E-state index is -1.16. The standard InChI is InChI=1S/C32H35ClN4O5/c33-26-27(20-12-23(22-4-11-41-24(22)13-20)21-14-31(15-21)5-1-6-31)35-18-37(30(26)39)17-32(40)7-9-36(10-8-32)29(38)25-16-34-28(42-25)19-2-3-19/h12-13,16,18-19,21,40H,1-11,14-15,17H2. The number of ether oxygens (including phenoxy) is 1. The van der Waals surface area contributed by atoms with E-state index < -0.39 is 5.60 Å². The van der Waals surface area contributed by atoms with Crippen LogP contribution in [-0.2, 0) is 13.0 Å². The molecule has 42 heavy (non-hydrogen) atoms. The quantitative estimate of drug-likeness (QED) is 0.426. The molecule has 220 valence electrons. The van der Waals surface area contributed by atoms with Crippen LogP contribution < -0.4 is 10.3 Å². The van der Waals surface area contributed by atoms with Gasteiger partial charge in [0.15, 0.2) is 5.89 Å². The molecule has 10 heteroatoms. The van der Waals surface area contributed by atoms with Gasteiger partial charge in [0.05, 0.1) is 37.0 Å². The Morgan fingerprint density at radius 2 is 1.88 bits per heavy atom. The Hall–Kier alpha value is -3.17. The van der Waals surface area contributed by atoms with Gasteiger partial charge in [-0.2, -0.15) is 0 Å². The number of carbonyl (C=O) groups excluding carboxylic acids is 1. The van der Waals surface area contributed by atoms with E-state index in [1.807, 2.05) is 6.07 Å². The van der Waals surface area contributed by atoms with Crippen molar-refractivity contribution in [3.63, 3.8) is 0 Å². The van der Waals surface area contributed by atoms with Gasteiger partial charge in [0, 0.05) is 36.6 Å². The van der Waals surface area contributed by atoms with E-state index >= 15 is 0 Å². The number of rotatable bonds is 6. The lowest BCUT2D eigenvalue weighted by Gasteiger charge is -2.54. The van der Waals surface area contributed by atoms with Gasteiger partial charge in [-0.3, -0.25) is 14.2 Å². The molecule has 4 fully saturated rings. The van der Waals surface area contributed by atoms with Gasteiger partial charge in [-0.1, -0.05) is 18.0 Å². The smallest absolute Gasteiger partial charge is 0.291 e. The Kier molecular flexibility index (Phi) is 6.09. The van der Waals surface area contributed by atoms with Crippen molar-refractivity contribution in [3.05, 3.63) is 62.8 Å². The fourth-order valence-corrected chi connectivity index (χ4v) is 7.82. The van der Waals surface area contributed by atoms with Gasteiger partial charge in [0.2, 0.25) is 5.76 Å². The third-order valence-corrected chi connectivity index (χ3v) is 10.8. The van der Waals surface area contributed by atoms with Crippen LogP contribution in [0.2, 0.25) is 5.02 Å². The van der Waals surface area contributed by atoms with E-state index in [1.54, 1.807) is 4.90 Å². The van der Waals surface area contributed by atoms with Gasteiger partial charge in [-0.25, -0.2) is 9.97 Å². The summed E-state index contributed by atoms with van der Waals surface area (Å²) in [7, 11) is 0. The summed E-state index contributed by atoms with van der Waals surface area (Å²) in [5.74, 6) is 2.39. The number of benzene rings is 1. The first-order chi connectivity index (χ1) is 20.3. The second kappa shape index (κ2) is 9.67. The Morgan fingerprint density at radius 1 is 1.10 bits per heavy atom. The zero-order chi connectivity index (χ0) is 28.6. The lowest BCUT2D eigenvalue weighted by Crippen LogP contribution is -2.49. The highest BCUT2D eigenvalue weighted by atomic mass is 35.5. The van der Waals surface area contributed by atoms with Crippen molar-refractivity contribution in [2.75, 3.05) is 19.7 Å². The maximum absolute atomic E-state index is 13.4. The van der Waals surface area contributed by atoms with E-state index in [9.17, 15) is 14.7 Å². The molecule has 2 aromatic heterocycles. The lowest BCUT2D eigenvalue weighted by atomic mass is 9.50. The van der Waals surface area contributed by atoms with Crippen LogP contribution in [0.5, 0.6) is 5.75 Å². The highest BCUT2D eigenvalue weighted by molar-refractivity contribution is 6.32. The molecule has 9 nitrogen and oxygen atoms in total. The van der Waals surface area contributed by atoms with Gasteiger partial charge >= 0.3 is 0 Å². The van der Waals surface area contributed by atoms with E-state index in [1.165, 1.54) is 60.3 Å². The number of likely N-dealkylation sites (tertiary alicyclic amines) is 1. The number of aliphatic hydroxyl groups is 1. The molecule has 0 atom stereocenters. The summed E-state index contributed by atoms with van der Waals surface area (Å²) < 4.78 is 13.0. The lowest BCUT2D eigenvalue weighted by molar-refractivity contribution is -0.0305. The number of hydrogen-bond donors (Lipinski definition) is 1. The van der Waals surface area contributed by atoms with Crippen LogP contribution in [0, 0.1) is 5.41 Å². The molecule has 1 aromatic carbocycles. The number of nitrogens with zero attached hydrogens (tertiary/aromatic N) is 4. The predicted molar refractivity (Wildman–Crippen MR) is 155 cm³/mol. The minimum Gasteiger partial charge on any atom is -0.493 e. The van der Waals surface area contributed by atoms with E-state index in [0.29, 0.717) is 61.4 Å². The summed E-state index contributed by atoms with van der Waals surface area (Å²) in [4.78, 5) is 36.9. The summed E-state index contributed by atoms with van der Waals surface area (Å²) in [6.07, 6.45) is 13.1. The number of amides is 1. The van der Waals surface area contributed by atoms with Gasteiger partial charge in [-0.15, -0.1) is 0 Å². The number of fused-ring (bicyclic) bond motifs is 1. The van der Waals surface area contributed by atoms with Crippen molar-refractivity contribution in [3.8, 4) is 17.0 Å². The molecule has 5 aliphatic rings. The predicted octanol–water partition coefficient (Wildman–Crippen LogP) is 5.08. The Labute approximate surface area is 248 Å². The summed E-state index contributed by atoms with van der Waals surface area (Å²) in [6, 6.07) is 4.13. The largest absolute Gasteiger partial charge is 0.493 e. The first kappa shape index (κ1) is 26.5. The molecule has 4 heterocycles. The summed E-state index contributed by atoms with van der Waals surface area (Å²) in [5.41, 5.74) is 2.87. The highest BCUT2D eigenvalue weighted by Crippen LogP contribution is 2.63. The monoisotopic (exact) mass is 590 g/mol. The van der Waals surface area contributed by atoms with Crippen LogP contribution in [0.3, 0.4) is 0 Å². The molecule has 1 amide bonds. The molecule has 0 radical (unpaired) electrons. The number of oxazole rings is 1. The summed E-state index contributed by atoms with van der Waals surface area (Å²) in [5, 5.41) is 11.4. The molecular formula is C32H35ClN4O5. The molecule has 0 bridgehead atoms. The molecule has 1 saturated heterocycles. The van der Waals surface area contributed by atoms with Crippen molar-refractivity contribution in [2.24, 2.45) is 5.41 Å². The Balaban J connectivity index is 0.980. The molecule has 3 aromatic rings. The molecule has 1 spiro atoms. The molecule has 8 rings (SSSR count). The number of carbonyl (C=O) groups is 1. The minimum absolute atomic E-state index is 0.0402. The number of aromatic nitrogens is 3. The van der Waals surface area contributed by atoms with Crippen LogP contribution in [0.25, 0.3) is 11.3 Å². The van der Waals surface area contributed by atoms with Crippen molar-refractivity contribution in [1.29, 1.82) is 0 Å². The first-order valence-corrected chi connectivity index (χ1v) is 15.7. The normalized spacial score (nSPS) is 22.4. The van der Waals surface area contributed by atoms with E-state index in [-0.39, 0.29) is 28.8 Å². The molecule has 1 N–H and O–H groups in total. The van der Waals surface area contributed by atoms with Crippen molar-refractivity contribution in [2.45, 2.75) is 88.2 Å². The second-order valence-corrected chi connectivity index (χ2v) is 13.7. The molecule has 3 saturated carbocycles. The average Bonchev–Trinajstić information content (AvgIpc) is 3.46. The van der Waals surface area contributed by atoms with Gasteiger partial charge < -0.3 is 19.2 Å². The fraction of sp³-hybridized carbons (Fsp3) is 0.562. The maximum Gasteiger partial charge on any atom is 0.291 e. The molecular weight excluding hydrogens is 556 g/mol. The van der Waals surface area contributed by atoms with Crippen LogP contribution in [0.1, 0.15) is 97.2 Å². The molecule has 3 aliphatic carbocycles. The SMILES string of the molecule is O=C(c1cnc(C2CC2)o1)N1CCC(O)(Cn2cnc(-c3cc4c(c(C5CC6(CCC6)C5)c3)CCO4)c(Cl)c2=O)CC1. The fourth-order valence-electron chi connectivity index (χ4n) is 7.56. The van der Waals surface area contributed by atoms with Crippen LogP contribution >= 0.6 is 11.6 Å². The first-order valence-electron chi connectivity index (χ1n) is 15.3. The topological polar surface area (TPSA) is 111 Å². The maximum atomic E-state index is 13.4. The summed E-state index contributed by atoms with van der Waals surface area (Å²) >= 11 is 6.68. The van der Waals surface area contributed by atoms with Gasteiger partial charge in [0.25, 0.3) is 11.5 Å². The van der Waals surface area contributed by atoms with Crippen molar-refractivity contribution >= 4 is 17.5 Å². The third kappa shape index (κ3) is 4.47. The third-order valence-electron chi connectivity index (χ3n) is 10.4. The molecule has 0 unspecified atom stereocenters. The van der Waals surface area contributed by atoms with Crippen molar-refractivity contribution < 1.29 is 19.1 Å². The highest BCUT2D eigenvalue weighted by Gasteiger charge is 2.49. The van der Waals surface area contributed by atoms with Gasteiger partial charge in [-0.05, 0) is 80.4 Å². The Bertz CT molecular complexity index is 1620. The van der Waals surface area contributed by atoms with Crippen LogP contribution in [0.4, 0.5) is 0 Å².